The molecule has 3 atom stereocenters. The highest BCUT2D eigenvalue weighted by Gasteiger charge is 2.28. The molecule has 1 aromatic heterocycles. The summed E-state index contributed by atoms with van der Waals surface area (Å²) in [5, 5.41) is 6.28. The van der Waals surface area contributed by atoms with Gasteiger partial charge in [0.25, 0.3) is 5.91 Å². The molecule has 4 nitrogen and oxygen atoms in total. The van der Waals surface area contributed by atoms with E-state index in [-0.39, 0.29) is 23.6 Å². The Bertz CT molecular complexity index is 428. The van der Waals surface area contributed by atoms with E-state index in [4.69, 9.17) is 0 Å². The number of hydrogen-bond acceptors (Lipinski definition) is 3. The number of pyridine rings is 1. The van der Waals surface area contributed by atoms with Crippen LogP contribution in [0.2, 0.25) is 0 Å². The molecule has 0 aliphatic carbocycles. The average molecular weight is 251 g/mol. The van der Waals surface area contributed by atoms with E-state index >= 15 is 0 Å². The van der Waals surface area contributed by atoms with Gasteiger partial charge in [-0.2, -0.15) is 0 Å². The van der Waals surface area contributed by atoms with Crippen molar-refractivity contribution in [2.75, 3.05) is 6.54 Å². The molecular formula is C13H18FN3O. The molecule has 2 N–H and O–H groups in total. The first-order chi connectivity index (χ1) is 8.58. The standard InChI is InChI=1S/C13H18FN3O/c1-8-3-4-16-9(2)12(8)17-13(18)10-5-11(14)7-15-6-10/h5-9,12,16H,3-4H2,1-2H3,(H,17,18). The number of hydrogen-bond donors (Lipinski definition) is 2. The predicted molar refractivity (Wildman–Crippen MR) is 66.7 cm³/mol. The van der Waals surface area contributed by atoms with Crippen LogP contribution in [0, 0.1) is 11.7 Å². The van der Waals surface area contributed by atoms with Gasteiger partial charge in [-0.05, 0) is 31.9 Å². The number of nitrogens with one attached hydrogen (secondary N) is 2. The minimum Gasteiger partial charge on any atom is -0.347 e. The third kappa shape index (κ3) is 2.85. The van der Waals surface area contributed by atoms with Crippen LogP contribution in [0.25, 0.3) is 0 Å². The summed E-state index contributed by atoms with van der Waals surface area (Å²) in [4.78, 5) is 15.7. The van der Waals surface area contributed by atoms with E-state index in [9.17, 15) is 9.18 Å². The molecular weight excluding hydrogens is 233 g/mol. The summed E-state index contributed by atoms with van der Waals surface area (Å²) in [7, 11) is 0. The number of halogens is 1. The fraction of sp³-hybridized carbons (Fsp3) is 0.538. The Kier molecular flexibility index (Phi) is 3.91. The molecule has 1 saturated heterocycles. The van der Waals surface area contributed by atoms with Crippen molar-refractivity contribution in [3.05, 3.63) is 29.8 Å². The number of carbonyl (C=O) groups excluding carboxylic acids is 1. The van der Waals surface area contributed by atoms with Crippen LogP contribution in [0.3, 0.4) is 0 Å². The first kappa shape index (κ1) is 13.0. The highest BCUT2D eigenvalue weighted by Crippen LogP contribution is 2.16. The van der Waals surface area contributed by atoms with Gasteiger partial charge < -0.3 is 10.6 Å². The van der Waals surface area contributed by atoms with Crippen LogP contribution in [0.1, 0.15) is 30.6 Å². The van der Waals surface area contributed by atoms with Crippen molar-refractivity contribution in [2.45, 2.75) is 32.4 Å². The van der Waals surface area contributed by atoms with Crippen LogP contribution in [0.4, 0.5) is 4.39 Å². The summed E-state index contributed by atoms with van der Waals surface area (Å²) in [5.74, 6) is -0.355. The van der Waals surface area contributed by atoms with Crippen molar-refractivity contribution >= 4 is 5.91 Å². The average Bonchev–Trinajstić information content (AvgIpc) is 2.34. The summed E-state index contributed by atoms with van der Waals surface area (Å²) in [6, 6.07) is 1.49. The van der Waals surface area contributed by atoms with Crippen molar-refractivity contribution in [1.82, 2.24) is 15.6 Å². The summed E-state index contributed by atoms with van der Waals surface area (Å²) in [6.45, 7) is 5.13. The first-order valence-corrected chi connectivity index (χ1v) is 6.22. The van der Waals surface area contributed by atoms with E-state index in [0.29, 0.717) is 5.92 Å². The van der Waals surface area contributed by atoms with E-state index in [1.807, 2.05) is 6.92 Å². The molecule has 0 aromatic carbocycles. The van der Waals surface area contributed by atoms with Gasteiger partial charge in [0.1, 0.15) is 5.82 Å². The van der Waals surface area contributed by atoms with Crippen molar-refractivity contribution < 1.29 is 9.18 Å². The fourth-order valence-electron chi connectivity index (χ4n) is 2.38. The molecule has 1 aliphatic rings. The third-order valence-electron chi connectivity index (χ3n) is 3.48. The van der Waals surface area contributed by atoms with Crippen molar-refractivity contribution in [1.29, 1.82) is 0 Å². The van der Waals surface area contributed by atoms with E-state index in [0.717, 1.165) is 19.2 Å². The smallest absolute Gasteiger partial charge is 0.253 e. The normalized spacial score (nSPS) is 27.8. The third-order valence-corrected chi connectivity index (χ3v) is 3.48. The maximum atomic E-state index is 13.0. The van der Waals surface area contributed by atoms with Crippen LogP contribution in [-0.2, 0) is 0 Å². The van der Waals surface area contributed by atoms with E-state index < -0.39 is 5.82 Å². The number of carbonyl (C=O) groups is 1. The van der Waals surface area contributed by atoms with Crippen molar-refractivity contribution in [3.8, 4) is 0 Å². The topological polar surface area (TPSA) is 54.0 Å². The van der Waals surface area contributed by atoms with Gasteiger partial charge in [-0.15, -0.1) is 0 Å². The van der Waals surface area contributed by atoms with Gasteiger partial charge in [0.05, 0.1) is 11.8 Å². The molecule has 0 radical (unpaired) electrons. The van der Waals surface area contributed by atoms with Crippen molar-refractivity contribution in [2.24, 2.45) is 5.92 Å². The second-order valence-corrected chi connectivity index (χ2v) is 4.90. The second kappa shape index (κ2) is 5.44. The van der Waals surface area contributed by atoms with Gasteiger partial charge in [-0.25, -0.2) is 4.39 Å². The van der Waals surface area contributed by atoms with Crippen molar-refractivity contribution in [3.63, 3.8) is 0 Å². The van der Waals surface area contributed by atoms with Crippen LogP contribution in [-0.4, -0.2) is 29.5 Å². The largest absolute Gasteiger partial charge is 0.347 e. The molecule has 0 spiro atoms. The Labute approximate surface area is 106 Å². The Morgan fingerprint density at radius 1 is 1.50 bits per heavy atom. The number of aromatic nitrogens is 1. The summed E-state index contributed by atoms with van der Waals surface area (Å²) in [6.07, 6.45) is 3.49. The Balaban J connectivity index is 2.06. The lowest BCUT2D eigenvalue weighted by atomic mass is 9.89. The van der Waals surface area contributed by atoms with Gasteiger partial charge in [-0.1, -0.05) is 6.92 Å². The summed E-state index contributed by atoms with van der Waals surface area (Å²) < 4.78 is 13.0. The second-order valence-electron chi connectivity index (χ2n) is 4.90. The van der Waals surface area contributed by atoms with E-state index in [1.54, 1.807) is 0 Å². The molecule has 1 amide bonds. The van der Waals surface area contributed by atoms with Gasteiger partial charge in [-0.3, -0.25) is 9.78 Å². The molecule has 1 aliphatic heterocycles. The lowest BCUT2D eigenvalue weighted by Gasteiger charge is -2.35. The zero-order valence-electron chi connectivity index (χ0n) is 10.6. The van der Waals surface area contributed by atoms with Gasteiger partial charge >= 0.3 is 0 Å². The summed E-state index contributed by atoms with van der Waals surface area (Å²) in [5.41, 5.74) is 0.264. The number of piperidine rings is 1. The van der Waals surface area contributed by atoms with Gasteiger partial charge in [0.15, 0.2) is 0 Å². The monoisotopic (exact) mass is 251 g/mol. The molecule has 5 heteroatoms. The first-order valence-electron chi connectivity index (χ1n) is 6.22. The van der Waals surface area contributed by atoms with Crippen LogP contribution in [0.5, 0.6) is 0 Å². The lowest BCUT2D eigenvalue weighted by molar-refractivity contribution is 0.0896. The molecule has 1 fully saturated rings. The van der Waals surface area contributed by atoms with Gasteiger partial charge in [0.2, 0.25) is 0 Å². The highest BCUT2D eigenvalue weighted by molar-refractivity contribution is 5.94. The molecule has 18 heavy (non-hydrogen) atoms. The molecule has 1 aromatic rings. The zero-order valence-corrected chi connectivity index (χ0v) is 10.6. The van der Waals surface area contributed by atoms with Crippen LogP contribution >= 0.6 is 0 Å². The number of rotatable bonds is 2. The Morgan fingerprint density at radius 3 is 2.94 bits per heavy atom. The zero-order chi connectivity index (χ0) is 13.1. The minimum absolute atomic E-state index is 0.0644. The molecule has 3 unspecified atom stereocenters. The number of nitrogens with zero attached hydrogens (tertiary/aromatic N) is 1. The van der Waals surface area contributed by atoms with E-state index in [2.05, 4.69) is 22.5 Å². The van der Waals surface area contributed by atoms with Crippen LogP contribution < -0.4 is 10.6 Å². The minimum atomic E-state index is -0.495. The maximum Gasteiger partial charge on any atom is 0.253 e. The maximum absolute atomic E-state index is 13.0. The number of amides is 1. The van der Waals surface area contributed by atoms with Gasteiger partial charge in [0, 0.05) is 18.3 Å². The summed E-state index contributed by atoms with van der Waals surface area (Å²) >= 11 is 0. The van der Waals surface area contributed by atoms with E-state index in [1.165, 1.54) is 12.3 Å². The fourth-order valence-corrected chi connectivity index (χ4v) is 2.38. The highest BCUT2D eigenvalue weighted by atomic mass is 19.1. The Hall–Kier alpha value is -1.49. The molecule has 98 valence electrons. The molecule has 0 bridgehead atoms. The molecule has 0 saturated carbocycles. The van der Waals surface area contributed by atoms with Crippen LogP contribution in [0.15, 0.2) is 18.5 Å². The SMILES string of the molecule is CC1CCNC(C)C1NC(=O)c1cncc(F)c1. The predicted octanol–water partition coefficient (Wildman–Crippen LogP) is 1.34. The lowest BCUT2D eigenvalue weighted by Crippen LogP contribution is -2.55. The quantitative estimate of drug-likeness (QED) is 0.834. The molecule has 2 rings (SSSR count). The Morgan fingerprint density at radius 2 is 2.28 bits per heavy atom. The molecule has 2 heterocycles.